The predicted octanol–water partition coefficient (Wildman–Crippen LogP) is 3.14. The standard InChI is InChI=1S/C17H23N3/c1-4-18-11-16-8-9-17(19-12-16)20(3)13-15-7-5-6-14(2)10-15/h5-10,12,18H,4,11,13H2,1-3H3. The molecule has 0 saturated carbocycles. The summed E-state index contributed by atoms with van der Waals surface area (Å²) in [6.45, 7) is 6.97. The van der Waals surface area contributed by atoms with Gasteiger partial charge in [-0.2, -0.15) is 0 Å². The van der Waals surface area contributed by atoms with Crippen molar-refractivity contribution in [3.8, 4) is 0 Å². The van der Waals surface area contributed by atoms with Crippen LogP contribution in [0.3, 0.4) is 0 Å². The lowest BCUT2D eigenvalue weighted by molar-refractivity contribution is 0.724. The predicted molar refractivity (Wildman–Crippen MR) is 84.9 cm³/mol. The van der Waals surface area contributed by atoms with E-state index in [1.165, 1.54) is 16.7 Å². The normalized spacial score (nSPS) is 10.6. The first kappa shape index (κ1) is 14.5. The van der Waals surface area contributed by atoms with Crippen molar-refractivity contribution in [1.82, 2.24) is 10.3 Å². The molecule has 0 aliphatic heterocycles. The van der Waals surface area contributed by atoms with E-state index in [2.05, 4.69) is 72.5 Å². The van der Waals surface area contributed by atoms with Gasteiger partial charge in [-0.1, -0.05) is 42.8 Å². The molecule has 0 bridgehead atoms. The second-order valence-electron chi connectivity index (χ2n) is 5.15. The molecular formula is C17H23N3. The molecule has 3 nitrogen and oxygen atoms in total. The molecule has 0 amide bonds. The maximum absolute atomic E-state index is 4.54. The van der Waals surface area contributed by atoms with E-state index in [-0.39, 0.29) is 0 Å². The molecule has 3 heteroatoms. The number of anilines is 1. The lowest BCUT2D eigenvalue weighted by atomic mass is 10.1. The Morgan fingerprint density at radius 3 is 2.65 bits per heavy atom. The molecule has 0 aliphatic carbocycles. The first-order valence-electron chi connectivity index (χ1n) is 7.11. The number of nitrogens with one attached hydrogen (secondary N) is 1. The summed E-state index contributed by atoms with van der Waals surface area (Å²) in [5.41, 5.74) is 3.83. The topological polar surface area (TPSA) is 28.2 Å². The number of pyridine rings is 1. The number of aromatic nitrogens is 1. The maximum atomic E-state index is 4.54. The van der Waals surface area contributed by atoms with Crippen LogP contribution < -0.4 is 10.2 Å². The zero-order chi connectivity index (χ0) is 14.4. The highest BCUT2D eigenvalue weighted by molar-refractivity contribution is 5.39. The third kappa shape index (κ3) is 4.07. The molecule has 20 heavy (non-hydrogen) atoms. The molecule has 0 aliphatic rings. The molecule has 0 atom stereocenters. The van der Waals surface area contributed by atoms with Gasteiger partial charge in [0.25, 0.3) is 0 Å². The molecule has 1 aromatic heterocycles. The van der Waals surface area contributed by atoms with Crippen LogP contribution in [0.5, 0.6) is 0 Å². The molecule has 1 aromatic carbocycles. The van der Waals surface area contributed by atoms with Crippen LogP contribution in [0.1, 0.15) is 23.6 Å². The van der Waals surface area contributed by atoms with Gasteiger partial charge in [0, 0.05) is 26.3 Å². The number of benzene rings is 1. The molecule has 1 heterocycles. The van der Waals surface area contributed by atoms with Crippen LogP contribution >= 0.6 is 0 Å². The van der Waals surface area contributed by atoms with E-state index in [9.17, 15) is 0 Å². The van der Waals surface area contributed by atoms with Gasteiger partial charge in [-0.25, -0.2) is 4.98 Å². The molecule has 2 aromatic rings. The van der Waals surface area contributed by atoms with Crippen molar-refractivity contribution in [2.24, 2.45) is 0 Å². The fraction of sp³-hybridized carbons (Fsp3) is 0.353. The zero-order valence-electron chi connectivity index (χ0n) is 12.6. The molecule has 106 valence electrons. The Bertz CT molecular complexity index is 534. The van der Waals surface area contributed by atoms with E-state index in [1.54, 1.807) is 0 Å². The van der Waals surface area contributed by atoms with Crippen LogP contribution in [-0.4, -0.2) is 18.6 Å². The van der Waals surface area contributed by atoms with E-state index in [0.29, 0.717) is 0 Å². The Morgan fingerprint density at radius 1 is 1.15 bits per heavy atom. The highest BCUT2D eigenvalue weighted by Gasteiger charge is 2.04. The molecule has 0 radical (unpaired) electrons. The molecule has 0 saturated heterocycles. The third-order valence-electron chi connectivity index (χ3n) is 3.28. The summed E-state index contributed by atoms with van der Waals surface area (Å²) in [4.78, 5) is 6.71. The lowest BCUT2D eigenvalue weighted by Crippen LogP contribution is -2.18. The monoisotopic (exact) mass is 269 g/mol. The summed E-state index contributed by atoms with van der Waals surface area (Å²) in [5, 5.41) is 3.31. The van der Waals surface area contributed by atoms with Gasteiger partial charge in [0.2, 0.25) is 0 Å². The van der Waals surface area contributed by atoms with Gasteiger partial charge in [-0.05, 0) is 30.7 Å². The highest BCUT2D eigenvalue weighted by Crippen LogP contribution is 2.14. The molecule has 0 fully saturated rings. The van der Waals surface area contributed by atoms with Gasteiger partial charge in [-0.3, -0.25) is 0 Å². The van der Waals surface area contributed by atoms with Gasteiger partial charge in [0.1, 0.15) is 5.82 Å². The van der Waals surface area contributed by atoms with E-state index >= 15 is 0 Å². The molecule has 2 rings (SSSR count). The van der Waals surface area contributed by atoms with Crippen LogP contribution in [0.25, 0.3) is 0 Å². The van der Waals surface area contributed by atoms with Crippen molar-refractivity contribution in [1.29, 1.82) is 0 Å². The SMILES string of the molecule is CCNCc1ccc(N(C)Cc2cccc(C)c2)nc1. The van der Waals surface area contributed by atoms with Crippen LogP contribution in [-0.2, 0) is 13.1 Å². The average Bonchev–Trinajstić information content (AvgIpc) is 2.45. The highest BCUT2D eigenvalue weighted by atomic mass is 15.2. The van der Waals surface area contributed by atoms with E-state index in [1.807, 2.05) is 6.20 Å². The Morgan fingerprint density at radius 2 is 2.00 bits per heavy atom. The summed E-state index contributed by atoms with van der Waals surface area (Å²) in [5.74, 6) is 1.01. The smallest absolute Gasteiger partial charge is 0.128 e. The minimum atomic E-state index is 0.876. The lowest BCUT2D eigenvalue weighted by Gasteiger charge is -2.18. The molecule has 1 N–H and O–H groups in total. The second kappa shape index (κ2) is 7.06. The second-order valence-corrected chi connectivity index (χ2v) is 5.15. The van der Waals surface area contributed by atoms with Crippen molar-refractivity contribution in [3.63, 3.8) is 0 Å². The van der Waals surface area contributed by atoms with Crippen LogP contribution in [0.4, 0.5) is 5.82 Å². The van der Waals surface area contributed by atoms with E-state index in [0.717, 1.165) is 25.5 Å². The molecule has 0 spiro atoms. The fourth-order valence-electron chi connectivity index (χ4n) is 2.18. The Hall–Kier alpha value is -1.87. The van der Waals surface area contributed by atoms with Gasteiger partial charge in [0.15, 0.2) is 0 Å². The van der Waals surface area contributed by atoms with Crippen molar-refractivity contribution >= 4 is 5.82 Å². The Kier molecular flexibility index (Phi) is 5.13. The first-order valence-corrected chi connectivity index (χ1v) is 7.11. The summed E-state index contributed by atoms with van der Waals surface area (Å²) in [7, 11) is 2.08. The third-order valence-corrected chi connectivity index (χ3v) is 3.28. The average molecular weight is 269 g/mol. The minimum absolute atomic E-state index is 0.876. The summed E-state index contributed by atoms with van der Waals surface area (Å²) in [6.07, 6.45) is 1.95. The maximum Gasteiger partial charge on any atom is 0.128 e. The summed E-state index contributed by atoms with van der Waals surface area (Å²) < 4.78 is 0. The Labute approximate surface area is 121 Å². The van der Waals surface area contributed by atoms with Gasteiger partial charge < -0.3 is 10.2 Å². The van der Waals surface area contributed by atoms with Crippen LogP contribution in [0.15, 0.2) is 42.6 Å². The largest absolute Gasteiger partial charge is 0.355 e. The van der Waals surface area contributed by atoms with Gasteiger partial charge in [0.05, 0.1) is 0 Å². The quantitative estimate of drug-likeness (QED) is 0.873. The zero-order valence-corrected chi connectivity index (χ0v) is 12.6. The molecule has 0 unspecified atom stereocenters. The number of aryl methyl sites for hydroxylation is 1. The van der Waals surface area contributed by atoms with Crippen LogP contribution in [0, 0.1) is 6.92 Å². The van der Waals surface area contributed by atoms with Crippen molar-refractivity contribution < 1.29 is 0 Å². The Balaban J connectivity index is 2.00. The van der Waals surface area contributed by atoms with Crippen molar-refractivity contribution in [2.75, 3.05) is 18.5 Å². The van der Waals surface area contributed by atoms with Gasteiger partial charge in [-0.15, -0.1) is 0 Å². The number of rotatable bonds is 6. The first-order chi connectivity index (χ1) is 9.69. The van der Waals surface area contributed by atoms with Gasteiger partial charge >= 0.3 is 0 Å². The van der Waals surface area contributed by atoms with Crippen molar-refractivity contribution in [3.05, 3.63) is 59.3 Å². The number of hydrogen-bond donors (Lipinski definition) is 1. The number of nitrogens with zero attached hydrogens (tertiary/aromatic N) is 2. The summed E-state index contributed by atoms with van der Waals surface area (Å²) >= 11 is 0. The van der Waals surface area contributed by atoms with Crippen LogP contribution in [0.2, 0.25) is 0 Å². The summed E-state index contributed by atoms with van der Waals surface area (Å²) in [6, 6.07) is 12.8. The fourth-order valence-corrected chi connectivity index (χ4v) is 2.18. The minimum Gasteiger partial charge on any atom is -0.355 e. The van der Waals surface area contributed by atoms with Crippen molar-refractivity contribution in [2.45, 2.75) is 26.9 Å². The number of hydrogen-bond acceptors (Lipinski definition) is 3. The van der Waals surface area contributed by atoms with E-state index in [4.69, 9.17) is 0 Å². The molecular weight excluding hydrogens is 246 g/mol. The van der Waals surface area contributed by atoms with E-state index < -0.39 is 0 Å².